The quantitative estimate of drug-likeness (QED) is 0.929. The highest BCUT2D eigenvalue weighted by atomic mass is 16.2. The predicted molar refractivity (Wildman–Crippen MR) is 85.6 cm³/mol. The molecule has 0 spiro atoms. The van der Waals surface area contributed by atoms with Crippen LogP contribution >= 0.6 is 0 Å². The van der Waals surface area contributed by atoms with Crippen molar-refractivity contribution in [2.24, 2.45) is 5.92 Å². The molecule has 1 N–H and O–H groups in total. The van der Waals surface area contributed by atoms with E-state index in [2.05, 4.69) is 14.9 Å². The number of pyridine rings is 1. The Morgan fingerprint density at radius 3 is 2.87 bits per heavy atom. The number of nitrogens with one attached hydrogen (secondary N) is 1. The van der Waals surface area contributed by atoms with Crippen molar-refractivity contribution in [1.29, 1.82) is 0 Å². The Kier molecular flexibility index (Phi) is 4.41. The fourth-order valence-electron chi connectivity index (χ4n) is 2.98. The summed E-state index contributed by atoms with van der Waals surface area (Å²) in [6.45, 7) is 1.82. The van der Waals surface area contributed by atoms with E-state index in [0.29, 0.717) is 25.2 Å². The Morgan fingerprint density at radius 2 is 2.13 bits per heavy atom. The third-order valence-corrected chi connectivity index (χ3v) is 4.13. The van der Waals surface area contributed by atoms with Gasteiger partial charge in [0.15, 0.2) is 0 Å². The Labute approximate surface area is 135 Å². The summed E-state index contributed by atoms with van der Waals surface area (Å²) in [5, 5.41) is 2.66. The maximum absolute atomic E-state index is 12.7. The third-order valence-electron chi connectivity index (χ3n) is 4.13. The zero-order valence-corrected chi connectivity index (χ0v) is 13.1. The molecule has 2 aromatic heterocycles. The predicted octanol–water partition coefficient (Wildman–Crippen LogP) is 1.29. The van der Waals surface area contributed by atoms with E-state index in [1.54, 1.807) is 30.3 Å². The van der Waals surface area contributed by atoms with Crippen LogP contribution in [0.5, 0.6) is 0 Å². The highest BCUT2D eigenvalue weighted by Crippen LogP contribution is 2.20. The SMILES string of the molecule is CNC(=O)CC1CN(C(=O)c2ccccn2)Cc2cccn2C1. The third kappa shape index (κ3) is 3.41. The van der Waals surface area contributed by atoms with Gasteiger partial charge in [-0.1, -0.05) is 6.07 Å². The van der Waals surface area contributed by atoms with Crippen LogP contribution in [0.15, 0.2) is 42.7 Å². The second kappa shape index (κ2) is 6.64. The number of carbonyl (C=O) groups is 2. The topological polar surface area (TPSA) is 67.2 Å². The Morgan fingerprint density at radius 1 is 1.26 bits per heavy atom. The van der Waals surface area contributed by atoms with Gasteiger partial charge in [0.05, 0.1) is 6.54 Å². The summed E-state index contributed by atoms with van der Waals surface area (Å²) in [5.74, 6) is -0.0192. The van der Waals surface area contributed by atoms with Gasteiger partial charge < -0.3 is 14.8 Å². The van der Waals surface area contributed by atoms with Crippen molar-refractivity contribution in [1.82, 2.24) is 19.8 Å². The number of nitrogens with zero attached hydrogens (tertiary/aromatic N) is 3. The van der Waals surface area contributed by atoms with Gasteiger partial charge in [-0.3, -0.25) is 14.6 Å². The van der Waals surface area contributed by atoms with E-state index >= 15 is 0 Å². The smallest absolute Gasteiger partial charge is 0.272 e. The average molecular weight is 312 g/mol. The molecule has 0 saturated carbocycles. The molecule has 1 aliphatic heterocycles. The molecule has 1 unspecified atom stereocenters. The number of rotatable bonds is 3. The molecule has 23 heavy (non-hydrogen) atoms. The number of carbonyl (C=O) groups excluding carboxylic acids is 2. The maximum Gasteiger partial charge on any atom is 0.272 e. The monoisotopic (exact) mass is 312 g/mol. The second-order valence-corrected chi connectivity index (χ2v) is 5.80. The summed E-state index contributed by atoms with van der Waals surface area (Å²) in [4.78, 5) is 30.4. The minimum Gasteiger partial charge on any atom is -0.359 e. The van der Waals surface area contributed by atoms with Crippen molar-refractivity contribution < 1.29 is 9.59 Å². The van der Waals surface area contributed by atoms with Crippen LogP contribution in [0.3, 0.4) is 0 Å². The van der Waals surface area contributed by atoms with Gasteiger partial charge >= 0.3 is 0 Å². The van der Waals surface area contributed by atoms with E-state index in [-0.39, 0.29) is 17.7 Å². The van der Waals surface area contributed by atoms with Crippen molar-refractivity contribution in [2.45, 2.75) is 19.5 Å². The van der Waals surface area contributed by atoms with Gasteiger partial charge in [0.25, 0.3) is 5.91 Å². The molecular formula is C17H20N4O2. The van der Waals surface area contributed by atoms with Crippen LogP contribution in [-0.4, -0.2) is 39.9 Å². The van der Waals surface area contributed by atoms with Crippen LogP contribution in [-0.2, 0) is 17.9 Å². The summed E-state index contributed by atoms with van der Waals surface area (Å²) in [7, 11) is 1.64. The lowest BCUT2D eigenvalue weighted by molar-refractivity contribution is -0.121. The normalized spacial score (nSPS) is 17.3. The maximum atomic E-state index is 12.7. The summed E-state index contributed by atoms with van der Waals surface area (Å²) in [5.41, 5.74) is 1.51. The van der Waals surface area contributed by atoms with E-state index in [1.807, 2.05) is 24.4 Å². The Balaban J connectivity index is 1.84. The highest BCUT2D eigenvalue weighted by molar-refractivity contribution is 5.92. The summed E-state index contributed by atoms with van der Waals surface area (Å²) in [6, 6.07) is 9.31. The summed E-state index contributed by atoms with van der Waals surface area (Å²) >= 11 is 0. The lowest BCUT2D eigenvalue weighted by atomic mass is 10.0. The van der Waals surface area contributed by atoms with Crippen LogP contribution in [0.2, 0.25) is 0 Å². The first kappa shape index (κ1) is 15.3. The van der Waals surface area contributed by atoms with Crippen molar-refractivity contribution in [3.63, 3.8) is 0 Å². The standard InChI is InChI=1S/C17H20N4O2/c1-18-16(22)9-13-10-20-8-4-5-14(20)12-21(11-13)17(23)15-6-2-3-7-19-15/h2-8,13H,9-12H2,1H3,(H,18,22). The van der Waals surface area contributed by atoms with E-state index < -0.39 is 0 Å². The minimum absolute atomic E-state index is 0.00385. The van der Waals surface area contributed by atoms with Gasteiger partial charge in [-0.25, -0.2) is 0 Å². The molecule has 0 bridgehead atoms. The van der Waals surface area contributed by atoms with Crippen LogP contribution < -0.4 is 5.32 Å². The van der Waals surface area contributed by atoms with Crippen molar-refractivity contribution in [2.75, 3.05) is 13.6 Å². The number of amides is 2. The van der Waals surface area contributed by atoms with Crippen LogP contribution in [0.4, 0.5) is 0 Å². The van der Waals surface area contributed by atoms with Gasteiger partial charge in [0, 0.05) is 50.6 Å². The fraction of sp³-hybridized carbons (Fsp3) is 0.353. The van der Waals surface area contributed by atoms with Gasteiger partial charge in [0.1, 0.15) is 5.69 Å². The molecule has 6 heteroatoms. The molecule has 6 nitrogen and oxygen atoms in total. The Hall–Kier alpha value is -2.63. The first-order chi connectivity index (χ1) is 11.2. The van der Waals surface area contributed by atoms with E-state index in [4.69, 9.17) is 0 Å². The van der Waals surface area contributed by atoms with Crippen LogP contribution in [0.25, 0.3) is 0 Å². The molecule has 0 radical (unpaired) electrons. The first-order valence-corrected chi connectivity index (χ1v) is 7.72. The molecule has 0 fully saturated rings. The fourth-order valence-corrected chi connectivity index (χ4v) is 2.98. The largest absolute Gasteiger partial charge is 0.359 e. The molecule has 2 aromatic rings. The zero-order valence-electron chi connectivity index (χ0n) is 13.1. The lowest BCUT2D eigenvalue weighted by Gasteiger charge is -2.23. The summed E-state index contributed by atoms with van der Waals surface area (Å²) in [6.07, 6.45) is 4.02. The van der Waals surface area contributed by atoms with Gasteiger partial charge in [-0.15, -0.1) is 0 Å². The second-order valence-electron chi connectivity index (χ2n) is 5.80. The number of hydrogen-bond acceptors (Lipinski definition) is 3. The van der Waals surface area contributed by atoms with Crippen molar-refractivity contribution >= 4 is 11.8 Å². The van der Waals surface area contributed by atoms with Gasteiger partial charge in [-0.2, -0.15) is 0 Å². The molecule has 2 amide bonds. The number of hydrogen-bond donors (Lipinski definition) is 1. The molecule has 3 heterocycles. The van der Waals surface area contributed by atoms with E-state index in [1.165, 1.54) is 0 Å². The first-order valence-electron chi connectivity index (χ1n) is 7.72. The van der Waals surface area contributed by atoms with Crippen molar-refractivity contribution in [3.05, 3.63) is 54.1 Å². The molecule has 0 aliphatic carbocycles. The van der Waals surface area contributed by atoms with Gasteiger partial charge in [-0.05, 0) is 24.3 Å². The number of aromatic nitrogens is 2. The van der Waals surface area contributed by atoms with E-state index in [9.17, 15) is 9.59 Å². The highest BCUT2D eigenvalue weighted by Gasteiger charge is 2.27. The summed E-state index contributed by atoms with van der Waals surface area (Å²) < 4.78 is 2.12. The van der Waals surface area contributed by atoms with Crippen molar-refractivity contribution in [3.8, 4) is 0 Å². The Bertz CT molecular complexity index is 696. The zero-order chi connectivity index (χ0) is 16.2. The molecule has 1 atom stereocenters. The average Bonchev–Trinajstić information content (AvgIpc) is 2.93. The van der Waals surface area contributed by atoms with Crippen LogP contribution in [0, 0.1) is 5.92 Å². The van der Waals surface area contributed by atoms with Crippen LogP contribution in [0.1, 0.15) is 22.6 Å². The molecule has 0 aromatic carbocycles. The molecule has 3 rings (SSSR count). The number of fused-ring (bicyclic) bond motifs is 1. The minimum atomic E-state index is -0.0952. The molecule has 1 aliphatic rings. The molecule has 0 saturated heterocycles. The molecular weight excluding hydrogens is 292 g/mol. The van der Waals surface area contributed by atoms with Gasteiger partial charge in [0.2, 0.25) is 5.91 Å². The molecule has 120 valence electrons. The lowest BCUT2D eigenvalue weighted by Crippen LogP contribution is -2.36. The van der Waals surface area contributed by atoms with E-state index in [0.717, 1.165) is 12.2 Å².